The van der Waals surface area contributed by atoms with Crippen molar-refractivity contribution in [2.75, 3.05) is 0 Å². The van der Waals surface area contributed by atoms with E-state index < -0.39 is 35.6 Å². The van der Waals surface area contributed by atoms with Gasteiger partial charge in [0.25, 0.3) is 5.91 Å². The van der Waals surface area contributed by atoms with Crippen LogP contribution in [0, 0.1) is 17.5 Å². The Labute approximate surface area is 189 Å². The largest absolute Gasteiger partial charge is 0.341 e. The Hall–Kier alpha value is -2.62. The van der Waals surface area contributed by atoms with Gasteiger partial charge in [-0.1, -0.05) is 24.4 Å². The second-order valence-corrected chi connectivity index (χ2v) is 8.23. The molecule has 0 aliphatic heterocycles. The van der Waals surface area contributed by atoms with Crippen molar-refractivity contribution in [2.24, 2.45) is 16.5 Å². The first-order valence-corrected chi connectivity index (χ1v) is 10.7. The van der Waals surface area contributed by atoms with E-state index in [0.717, 1.165) is 37.8 Å². The zero-order valence-electron chi connectivity index (χ0n) is 17.3. The van der Waals surface area contributed by atoms with Gasteiger partial charge in [0.05, 0.1) is 12.2 Å². The molecule has 2 unspecified atom stereocenters. The van der Waals surface area contributed by atoms with Crippen molar-refractivity contribution >= 4 is 23.5 Å². The second-order valence-electron chi connectivity index (χ2n) is 7.79. The molecule has 10 heteroatoms. The topological polar surface area (TPSA) is 106 Å². The highest BCUT2D eigenvalue weighted by molar-refractivity contribution is 6.30. The molecule has 3 rings (SSSR count). The quantitative estimate of drug-likeness (QED) is 0.295. The molecule has 2 aromatic carbocycles. The van der Waals surface area contributed by atoms with Gasteiger partial charge in [0.1, 0.15) is 5.82 Å². The van der Waals surface area contributed by atoms with Crippen LogP contribution in [0.1, 0.15) is 54.1 Å². The molecule has 1 saturated carbocycles. The molecular weight excluding hydrogens is 443 g/mol. The molecule has 6 N–H and O–H groups in total. The highest BCUT2D eigenvalue weighted by Gasteiger charge is 2.20. The van der Waals surface area contributed by atoms with Crippen LogP contribution in [0.3, 0.4) is 0 Å². The van der Waals surface area contributed by atoms with E-state index in [1.54, 1.807) is 6.07 Å². The fourth-order valence-electron chi connectivity index (χ4n) is 3.57. The molecule has 0 bridgehead atoms. The first kappa shape index (κ1) is 24.0. The maximum Gasteiger partial charge on any atom is 0.258 e. The lowest BCUT2D eigenvalue weighted by Gasteiger charge is -2.22. The SMILES string of the molecule is NC(CC(N)c1cc(F)cc(Cl)c1)NC(=NC1CCCC1)NC(=O)c1ccc(F)c(F)c1. The number of carbonyl (C=O) groups excluding carboxylic acids is 1. The molecule has 0 spiro atoms. The number of hydrogen-bond acceptors (Lipinski definition) is 4. The molecule has 1 aliphatic rings. The van der Waals surface area contributed by atoms with E-state index in [9.17, 15) is 18.0 Å². The smallest absolute Gasteiger partial charge is 0.258 e. The third kappa shape index (κ3) is 6.69. The van der Waals surface area contributed by atoms with Crippen molar-refractivity contribution in [3.63, 3.8) is 0 Å². The van der Waals surface area contributed by atoms with Crippen LogP contribution in [-0.2, 0) is 0 Å². The zero-order chi connectivity index (χ0) is 23.3. The van der Waals surface area contributed by atoms with E-state index in [4.69, 9.17) is 23.1 Å². The van der Waals surface area contributed by atoms with Crippen LogP contribution in [0.4, 0.5) is 13.2 Å². The Bertz CT molecular complexity index is 977. The Kier molecular flexibility index (Phi) is 8.11. The Morgan fingerprint density at radius 2 is 1.81 bits per heavy atom. The summed E-state index contributed by atoms with van der Waals surface area (Å²) >= 11 is 5.89. The molecular formula is C22H25ClF3N5O. The first-order valence-electron chi connectivity index (χ1n) is 10.3. The van der Waals surface area contributed by atoms with Gasteiger partial charge in [0.15, 0.2) is 17.6 Å². The highest BCUT2D eigenvalue weighted by atomic mass is 35.5. The third-order valence-corrected chi connectivity index (χ3v) is 5.41. The number of nitrogens with zero attached hydrogens (tertiary/aromatic N) is 1. The third-order valence-electron chi connectivity index (χ3n) is 5.19. The summed E-state index contributed by atoms with van der Waals surface area (Å²) in [5, 5.41) is 5.72. The number of nitrogens with one attached hydrogen (secondary N) is 2. The summed E-state index contributed by atoms with van der Waals surface area (Å²) in [4.78, 5) is 17.1. The Balaban J connectivity index is 1.70. The van der Waals surface area contributed by atoms with Crippen molar-refractivity contribution in [1.82, 2.24) is 10.6 Å². The average Bonchev–Trinajstić information content (AvgIpc) is 3.22. The van der Waals surface area contributed by atoms with E-state index >= 15 is 0 Å². The number of halogens is 4. The van der Waals surface area contributed by atoms with Gasteiger partial charge in [0, 0.05) is 16.6 Å². The van der Waals surface area contributed by atoms with Crippen LogP contribution in [0.5, 0.6) is 0 Å². The zero-order valence-corrected chi connectivity index (χ0v) is 18.0. The summed E-state index contributed by atoms with van der Waals surface area (Å²) in [7, 11) is 0. The minimum atomic E-state index is -1.13. The van der Waals surface area contributed by atoms with E-state index in [0.29, 0.717) is 5.56 Å². The second kappa shape index (κ2) is 10.8. The van der Waals surface area contributed by atoms with E-state index in [1.165, 1.54) is 18.2 Å². The van der Waals surface area contributed by atoms with Crippen molar-refractivity contribution in [1.29, 1.82) is 0 Å². The molecule has 0 heterocycles. The molecule has 1 amide bonds. The fraction of sp³-hybridized carbons (Fsp3) is 0.364. The lowest BCUT2D eigenvalue weighted by Crippen LogP contribution is -2.50. The molecule has 0 aromatic heterocycles. The van der Waals surface area contributed by atoms with Crippen LogP contribution < -0.4 is 22.1 Å². The van der Waals surface area contributed by atoms with Gasteiger partial charge in [-0.05, 0) is 61.2 Å². The minimum Gasteiger partial charge on any atom is -0.341 e. The number of carbonyl (C=O) groups is 1. The molecule has 1 aliphatic carbocycles. The van der Waals surface area contributed by atoms with Crippen molar-refractivity contribution in [3.05, 3.63) is 70.0 Å². The monoisotopic (exact) mass is 467 g/mol. The van der Waals surface area contributed by atoms with Gasteiger partial charge in [-0.25, -0.2) is 18.2 Å². The number of benzene rings is 2. The minimum absolute atomic E-state index is 0.00523. The lowest BCUT2D eigenvalue weighted by atomic mass is 10.0. The number of amides is 1. The maximum absolute atomic E-state index is 13.6. The normalized spacial score (nSPS) is 16.6. The van der Waals surface area contributed by atoms with Gasteiger partial charge in [-0.3, -0.25) is 10.1 Å². The van der Waals surface area contributed by atoms with Gasteiger partial charge in [-0.15, -0.1) is 0 Å². The fourth-order valence-corrected chi connectivity index (χ4v) is 3.80. The van der Waals surface area contributed by atoms with Crippen LogP contribution >= 0.6 is 11.6 Å². The highest BCUT2D eigenvalue weighted by Crippen LogP contribution is 2.22. The number of aliphatic imine (C=N–C) groups is 1. The standard InChI is InChI=1S/C22H25ClF3N5O/c23-14-7-13(8-15(24)10-14)19(27)11-20(28)30-22(29-16-3-1-2-4-16)31-21(32)12-5-6-17(25)18(26)9-12/h5-10,16,19-20H,1-4,11,27-28H2,(H2,29,30,31,32). The molecule has 172 valence electrons. The molecule has 32 heavy (non-hydrogen) atoms. The van der Waals surface area contributed by atoms with Crippen molar-refractivity contribution in [2.45, 2.75) is 50.4 Å². The van der Waals surface area contributed by atoms with Gasteiger partial charge in [-0.2, -0.15) is 0 Å². The summed E-state index contributed by atoms with van der Waals surface area (Å²) in [6.45, 7) is 0. The number of nitrogens with two attached hydrogens (primary N) is 2. The van der Waals surface area contributed by atoms with Gasteiger partial charge < -0.3 is 16.8 Å². The lowest BCUT2D eigenvalue weighted by molar-refractivity contribution is 0.0975. The Morgan fingerprint density at radius 1 is 1.09 bits per heavy atom. The average molecular weight is 468 g/mol. The maximum atomic E-state index is 13.6. The number of guanidine groups is 1. The first-order chi connectivity index (χ1) is 15.2. The van der Waals surface area contributed by atoms with Crippen LogP contribution in [0.25, 0.3) is 0 Å². The predicted molar refractivity (Wildman–Crippen MR) is 118 cm³/mol. The molecule has 2 aromatic rings. The van der Waals surface area contributed by atoms with Crippen molar-refractivity contribution in [3.8, 4) is 0 Å². The summed E-state index contributed by atoms with van der Waals surface area (Å²) in [6, 6.07) is 6.25. The van der Waals surface area contributed by atoms with Gasteiger partial charge >= 0.3 is 0 Å². The van der Waals surface area contributed by atoms with E-state index in [1.807, 2.05) is 0 Å². The molecule has 1 fully saturated rings. The summed E-state index contributed by atoms with van der Waals surface area (Å²) in [5.74, 6) is -3.23. The Morgan fingerprint density at radius 3 is 2.47 bits per heavy atom. The van der Waals surface area contributed by atoms with Crippen LogP contribution in [0.15, 0.2) is 41.4 Å². The van der Waals surface area contributed by atoms with Crippen LogP contribution in [0.2, 0.25) is 5.02 Å². The van der Waals surface area contributed by atoms with E-state index in [-0.39, 0.29) is 29.0 Å². The predicted octanol–water partition coefficient (Wildman–Crippen LogP) is 3.75. The van der Waals surface area contributed by atoms with Gasteiger partial charge in [0.2, 0.25) is 0 Å². The molecule has 2 atom stereocenters. The summed E-state index contributed by atoms with van der Waals surface area (Å²) in [6.07, 6.45) is 3.22. The number of rotatable bonds is 6. The number of hydrogen-bond donors (Lipinski definition) is 4. The molecule has 6 nitrogen and oxygen atoms in total. The summed E-state index contributed by atoms with van der Waals surface area (Å²) in [5.41, 5.74) is 12.7. The van der Waals surface area contributed by atoms with E-state index in [2.05, 4.69) is 15.6 Å². The molecule has 0 saturated heterocycles. The summed E-state index contributed by atoms with van der Waals surface area (Å²) < 4.78 is 40.3. The van der Waals surface area contributed by atoms with Crippen molar-refractivity contribution < 1.29 is 18.0 Å². The van der Waals surface area contributed by atoms with Crippen LogP contribution in [-0.4, -0.2) is 24.1 Å². The molecule has 0 radical (unpaired) electrons.